The van der Waals surface area contributed by atoms with Gasteiger partial charge in [0, 0.05) is 6.04 Å². The minimum absolute atomic E-state index is 0. The zero-order chi connectivity index (χ0) is 12.3. The summed E-state index contributed by atoms with van der Waals surface area (Å²) >= 11 is 0. The summed E-state index contributed by atoms with van der Waals surface area (Å²) in [4.78, 5) is 0. The molecule has 1 rings (SSSR count). The van der Waals surface area contributed by atoms with E-state index in [1.165, 1.54) is 6.07 Å². The summed E-state index contributed by atoms with van der Waals surface area (Å²) in [5, 5.41) is 17.8. The van der Waals surface area contributed by atoms with Gasteiger partial charge in [-0.3, -0.25) is 0 Å². The van der Waals surface area contributed by atoms with E-state index in [9.17, 15) is 13.2 Å². The Morgan fingerprint density at radius 2 is 1.82 bits per heavy atom. The molecule has 0 amide bonds. The lowest BCUT2D eigenvalue weighted by atomic mass is 10.0. The molecule has 0 aliphatic carbocycles. The number of nitrogens with two attached hydrogens (primary N) is 1. The van der Waals surface area contributed by atoms with E-state index in [4.69, 9.17) is 15.9 Å². The van der Waals surface area contributed by atoms with Gasteiger partial charge in [-0.05, 0) is 30.2 Å². The Morgan fingerprint density at radius 1 is 1.24 bits per heavy atom. The molecule has 1 atom stereocenters. The Balaban J connectivity index is 0.00000256. The SMILES string of the molecule is Br.NC(CO)Cc1cc(O)cc(C(F)(F)F)c1. The number of phenols is 1. The monoisotopic (exact) mass is 315 g/mol. The highest BCUT2D eigenvalue weighted by Gasteiger charge is 2.31. The quantitative estimate of drug-likeness (QED) is 0.797. The predicted octanol–water partition coefficient (Wildman–Crippen LogP) is 1.85. The Hall–Kier alpha value is -0.790. The molecule has 1 unspecified atom stereocenters. The summed E-state index contributed by atoms with van der Waals surface area (Å²) in [6.07, 6.45) is -4.43. The molecule has 1 aromatic rings. The van der Waals surface area contributed by atoms with Crippen molar-refractivity contribution in [1.82, 2.24) is 0 Å². The van der Waals surface area contributed by atoms with Gasteiger partial charge in [0.25, 0.3) is 0 Å². The molecule has 3 nitrogen and oxygen atoms in total. The first kappa shape index (κ1) is 16.2. The lowest BCUT2D eigenvalue weighted by molar-refractivity contribution is -0.137. The molecule has 0 spiro atoms. The van der Waals surface area contributed by atoms with Gasteiger partial charge in [0.15, 0.2) is 0 Å². The molecule has 0 aliphatic heterocycles. The maximum Gasteiger partial charge on any atom is 0.416 e. The van der Waals surface area contributed by atoms with E-state index in [0.717, 1.165) is 6.07 Å². The number of alkyl halides is 3. The molecule has 0 aromatic heterocycles. The van der Waals surface area contributed by atoms with Gasteiger partial charge in [-0.15, -0.1) is 17.0 Å². The fourth-order valence-electron chi connectivity index (χ4n) is 1.32. The van der Waals surface area contributed by atoms with Crippen LogP contribution < -0.4 is 5.73 Å². The number of aromatic hydroxyl groups is 1. The second-order valence-corrected chi connectivity index (χ2v) is 3.53. The predicted molar refractivity (Wildman–Crippen MR) is 62.2 cm³/mol. The van der Waals surface area contributed by atoms with Crippen molar-refractivity contribution in [2.75, 3.05) is 6.61 Å². The molecule has 0 heterocycles. The zero-order valence-electron chi connectivity index (χ0n) is 8.74. The lowest BCUT2D eigenvalue weighted by Gasteiger charge is -2.12. The van der Waals surface area contributed by atoms with Gasteiger partial charge in [-0.1, -0.05) is 0 Å². The molecule has 98 valence electrons. The molecule has 0 saturated heterocycles. The van der Waals surface area contributed by atoms with Crippen LogP contribution in [-0.2, 0) is 12.6 Å². The molecule has 0 saturated carbocycles. The number of aliphatic hydroxyl groups is 1. The highest BCUT2D eigenvalue weighted by molar-refractivity contribution is 8.93. The Bertz CT molecular complexity index is 371. The molecular weight excluding hydrogens is 303 g/mol. The maximum atomic E-state index is 12.4. The highest BCUT2D eigenvalue weighted by atomic mass is 79.9. The summed E-state index contributed by atoms with van der Waals surface area (Å²) in [6, 6.07) is 2.12. The molecule has 4 N–H and O–H groups in total. The molecule has 17 heavy (non-hydrogen) atoms. The fourth-order valence-corrected chi connectivity index (χ4v) is 1.32. The van der Waals surface area contributed by atoms with Crippen LogP contribution >= 0.6 is 17.0 Å². The topological polar surface area (TPSA) is 66.5 Å². The van der Waals surface area contributed by atoms with Crippen molar-refractivity contribution in [3.8, 4) is 5.75 Å². The third-order valence-corrected chi connectivity index (χ3v) is 2.04. The molecule has 0 bridgehead atoms. The van der Waals surface area contributed by atoms with Crippen LogP contribution in [0.25, 0.3) is 0 Å². The van der Waals surface area contributed by atoms with Crippen LogP contribution in [0.3, 0.4) is 0 Å². The first-order chi connectivity index (χ1) is 7.32. The standard InChI is InChI=1S/C10H12F3NO2.BrH/c11-10(12,13)7-1-6(2-8(14)5-15)3-9(16)4-7;/h1,3-4,8,15-16H,2,5,14H2;1H. The molecule has 1 aromatic carbocycles. The van der Waals surface area contributed by atoms with Gasteiger partial charge in [0.05, 0.1) is 12.2 Å². The fraction of sp³-hybridized carbons (Fsp3) is 0.400. The van der Waals surface area contributed by atoms with E-state index in [1.807, 2.05) is 0 Å². The Morgan fingerprint density at radius 3 is 2.29 bits per heavy atom. The summed E-state index contributed by atoms with van der Waals surface area (Å²) in [5.74, 6) is -0.463. The Labute approximate surface area is 107 Å². The number of halogens is 4. The van der Waals surface area contributed by atoms with Gasteiger partial charge < -0.3 is 15.9 Å². The van der Waals surface area contributed by atoms with E-state index < -0.39 is 23.5 Å². The van der Waals surface area contributed by atoms with Crippen molar-refractivity contribution >= 4 is 17.0 Å². The minimum atomic E-state index is -4.50. The van der Waals surface area contributed by atoms with Gasteiger partial charge in [0.1, 0.15) is 5.75 Å². The van der Waals surface area contributed by atoms with Crippen LogP contribution in [0.2, 0.25) is 0 Å². The zero-order valence-corrected chi connectivity index (χ0v) is 10.5. The van der Waals surface area contributed by atoms with Crippen LogP contribution in [0.5, 0.6) is 5.75 Å². The average molecular weight is 316 g/mol. The summed E-state index contributed by atoms with van der Waals surface area (Å²) in [6.45, 7) is -0.322. The summed E-state index contributed by atoms with van der Waals surface area (Å²) < 4.78 is 37.1. The number of rotatable bonds is 3. The van der Waals surface area contributed by atoms with Crippen molar-refractivity contribution < 1.29 is 23.4 Å². The van der Waals surface area contributed by atoms with Gasteiger partial charge in [0.2, 0.25) is 0 Å². The average Bonchev–Trinajstić information content (AvgIpc) is 2.15. The normalized spacial score (nSPS) is 13.0. The number of phenolic OH excluding ortho intramolecular Hbond substituents is 1. The number of aliphatic hydroxyl groups excluding tert-OH is 1. The maximum absolute atomic E-state index is 12.4. The largest absolute Gasteiger partial charge is 0.508 e. The molecular formula is C10H13BrF3NO2. The molecule has 0 aliphatic rings. The highest BCUT2D eigenvalue weighted by Crippen LogP contribution is 2.32. The first-order valence-corrected chi connectivity index (χ1v) is 4.59. The molecule has 7 heteroatoms. The van der Waals surface area contributed by atoms with E-state index in [0.29, 0.717) is 6.07 Å². The van der Waals surface area contributed by atoms with Gasteiger partial charge in [-0.2, -0.15) is 13.2 Å². The Kier molecular flexibility index (Phi) is 5.94. The number of benzene rings is 1. The lowest BCUT2D eigenvalue weighted by Crippen LogP contribution is -2.26. The van der Waals surface area contributed by atoms with Crippen molar-refractivity contribution in [3.05, 3.63) is 29.3 Å². The smallest absolute Gasteiger partial charge is 0.416 e. The van der Waals surface area contributed by atoms with Gasteiger partial charge >= 0.3 is 6.18 Å². The van der Waals surface area contributed by atoms with Crippen molar-refractivity contribution in [1.29, 1.82) is 0 Å². The van der Waals surface area contributed by atoms with Crippen LogP contribution in [0.4, 0.5) is 13.2 Å². The molecule has 0 radical (unpaired) electrons. The second kappa shape index (κ2) is 6.23. The number of hydrogen-bond acceptors (Lipinski definition) is 3. The number of hydrogen-bond donors (Lipinski definition) is 3. The summed E-state index contributed by atoms with van der Waals surface area (Å²) in [5.41, 5.74) is 4.72. The van der Waals surface area contributed by atoms with Crippen molar-refractivity contribution in [3.63, 3.8) is 0 Å². The van der Waals surface area contributed by atoms with Crippen LogP contribution in [-0.4, -0.2) is 22.9 Å². The van der Waals surface area contributed by atoms with E-state index in [2.05, 4.69) is 0 Å². The first-order valence-electron chi connectivity index (χ1n) is 4.59. The van der Waals surface area contributed by atoms with Crippen molar-refractivity contribution in [2.45, 2.75) is 18.6 Å². The molecule has 0 fully saturated rings. The second-order valence-electron chi connectivity index (χ2n) is 3.53. The van der Waals surface area contributed by atoms with Crippen molar-refractivity contribution in [2.24, 2.45) is 5.73 Å². The van der Waals surface area contributed by atoms with E-state index in [-0.39, 0.29) is 35.6 Å². The van der Waals surface area contributed by atoms with Crippen LogP contribution in [0.15, 0.2) is 18.2 Å². The van der Waals surface area contributed by atoms with Crippen LogP contribution in [0, 0.1) is 0 Å². The van der Waals surface area contributed by atoms with E-state index in [1.54, 1.807) is 0 Å². The third kappa shape index (κ3) is 4.93. The summed E-state index contributed by atoms with van der Waals surface area (Å²) in [7, 11) is 0. The minimum Gasteiger partial charge on any atom is -0.508 e. The van der Waals surface area contributed by atoms with Crippen LogP contribution in [0.1, 0.15) is 11.1 Å². The van der Waals surface area contributed by atoms with Gasteiger partial charge in [-0.25, -0.2) is 0 Å². The van der Waals surface area contributed by atoms with E-state index >= 15 is 0 Å². The third-order valence-electron chi connectivity index (χ3n) is 2.04.